The zero-order valence-electron chi connectivity index (χ0n) is 15.0. The highest BCUT2D eigenvalue weighted by molar-refractivity contribution is 9.10. The summed E-state index contributed by atoms with van der Waals surface area (Å²) >= 11 is 3.57. The summed E-state index contributed by atoms with van der Waals surface area (Å²) in [5.41, 5.74) is 2.10. The fraction of sp³-hybridized carbons (Fsp3) is 0.381. The van der Waals surface area contributed by atoms with E-state index in [0.29, 0.717) is 31.4 Å². The van der Waals surface area contributed by atoms with Crippen LogP contribution in [-0.4, -0.2) is 36.4 Å². The average Bonchev–Trinajstić information content (AvgIpc) is 2.65. The summed E-state index contributed by atoms with van der Waals surface area (Å²) in [4.78, 5) is 14.0. The molecule has 0 atom stereocenters. The Hall–Kier alpha value is -1.85. The maximum atomic E-state index is 11.7. The van der Waals surface area contributed by atoms with Crippen molar-refractivity contribution in [3.05, 3.63) is 64.1 Å². The minimum atomic E-state index is -0.675. The lowest BCUT2D eigenvalue weighted by Gasteiger charge is -2.39. The van der Waals surface area contributed by atoms with E-state index in [1.807, 2.05) is 30.3 Å². The first-order valence-corrected chi connectivity index (χ1v) is 9.78. The van der Waals surface area contributed by atoms with Gasteiger partial charge < -0.3 is 14.7 Å². The number of nitrogens with zero attached hydrogens (tertiary/aromatic N) is 1. The fourth-order valence-corrected chi connectivity index (χ4v) is 3.80. The van der Waals surface area contributed by atoms with Crippen LogP contribution in [0.3, 0.4) is 0 Å². The molecule has 0 amide bonds. The summed E-state index contributed by atoms with van der Waals surface area (Å²) < 4.78 is 6.06. The van der Waals surface area contributed by atoms with Crippen molar-refractivity contribution in [1.29, 1.82) is 0 Å². The van der Waals surface area contributed by atoms with Gasteiger partial charge in [0.2, 0.25) is 0 Å². The Bertz CT molecular complexity index is 752. The van der Waals surface area contributed by atoms with Crippen LogP contribution in [0.5, 0.6) is 0 Å². The van der Waals surface area contributed by atoms with Crippen molar-refractivity contribution in [3.8, 4) is 0 Å². The fourth-order valence-electron chi connectivity index (χ4n) is 3.38. The number of hydrogen-bond acceptors (Lipinski definition) is 4. The summed E-state index contributed by atoms with van der Waals surface area (Å²) in [5, 5.41) is 11.0. The summed E-state index contributed by atoms with van der Waals surface area (Å²) in [6, 6.07) is 15.6. The molecule has 0 bridgehead atoms. The number of halogens is 1. The van der Waals surface area contributed by atoms with Crippen molar-refractivity contribution in [3.63, 3.8) is 0 Å². The van der Waals surface area contributed by atoms with Gasteiger partial charge in [-0.2, -0.15) is 0 Å². The predicted octanol–water partition coefficient (Wildman–Crippen LogP) is 4.20. The topological polar surface area (TPSA) is 49.8 Å². The number of piperidine rings is 1. The van der Waals surface area contributed by atoms with Crippen LogP contribution in [-0.2, 0) is 11.2 Å². The maximum Gasteiger partial charge on any atom is 0.338 e. The molecule has 0 spiro atoms. The van der Waals surface area contributed by atoms with Gasteiger partial charge in [-0.25, -0.2) is 4.79 Å². The van der Waals surface area contributed by atoms with E-state index in [1.54, 1.807) is 19.1 Å². The van der Waals surface area contributed by atoms with E-state index in [-0.39, 0.29) is 5.97 Å². The quantitative estimate of drug-likeness (QED) is 0.740. The van der Waals surface area contributed by atoms with E-state index in [2.05, 4.69) is 26.9 Å². The van der Waals surface area contributed by atoms with E-state index in [9.17, 15) is 9.90 Å². The van der Waals surface area contributed by atoms with Crippen LogP contribution in [0.1, 0.15) is 35.7 Å². The summed E-state index contributed by atoms with van der Waals surface area (Å²) in [6.07, 6.45) is 2.09. The zero-order chi connectivity index (χ0) is 18.6. The molecule has 1 heterocycles. The molecule has 1 aliphatic heterocycles. The Morgan fingerprint density at radius 3 is 2.42 bits per heavy atom. The average molecular weight is 418 g/mol. The van der Waals surface area contributed by atoms with Gasteiger partial charge in [0.15, 0.2) is 0 Å². The lowest BCUT2D eigenvalue weighted by molar-refractivity contribution is 0.0164. The van der Waals surface area contributed by atoms with Crippen molar-refractivity contribution >= 4 is 27.6 Å². The first kappa shape index (κ1) is 18.9. The van der Waals surface area contributed by atoms with Gasteiger partial charge in [0.25, 0.3) is 0 Å². The highest BCUT2D eigenvalue weighted by atomic mass is 79.9. The maximum absolute atomic E-state index is 11.7. The third-order valence-corrected chi connectivity index (χ3v) is 5.69. The van der Waals surface area contributed by atoms with Gasteiger partial charge in [0, 0.05) is 29.7 Å². The first-order valence-electron chi connectivity index (χ1n) is 8.99. The largest absolute Gasteiger partial charge is 0.462 e. The minimum Gasteiger partial charge on any atom is -0.462 e. The van der Waals surface area contributed by atoms with E-state index in [0.717, 1.165) is 28.8 Å². The van der Waals surface area contributed by atoms with Gasteiger partial charge in [0.05, 0.1) is 17.8 Å². The summed E-state index contributed by atoms with van der Waals surface area (Å²) in [6.45, 7) is 3.76. The monoisotopic (exact) mass is 417 g/mol. The number of carbonyl (C=O) groups excluding carboxylic acids is 1. The van der Waals surface area contributed by atoms with Gasteiger partial charge in [-0.3, -0.25) is 0 Å². The predicted molar refractivity (Wildman–Crippen MR) is 107 cm³/mol. The van der Waals surface area contributed by atoms with Crippen molar-refractivity contribution < 1.29 is 14.6 Å². The molecule has 138 valence electrons. The number of ether oxygens (including phenoxy) is 1. The normalized spacial score (nSPS) is 16.3. The molecule has 0 unspecified atom stereocenters. The van der Waals surface area contributed by atoms with Gasteiger partial charge >= 0.3 is 5.97 Å². The molecule has 0 radical (unpaired) electrons. The molecule has 0 saturated carbocycles. The molecule has 3 rings (SSSR count). The molecule has 1 fully saturated rings. The van der Waals surface area contributed by atoms with E-state index in [4.69, 9.17) is 4.74 Å². The minimum absolute atomic E-state index is 0.291. The number of hydrogen-bond donors (Lipinski definition) is 1. The van der Waals surface area contributed by atoms with Crippen LogP contribution in [0, 0.1) is 0 Å². The molecule has 2 aromatic rings. The highest BCUT2D eigenvalue weighted by Crippen LogP contribution is 2.31. The molecule has 2 aromatic carbocycles. The molecule has 0 aliphatic carbocycles. The zero-order valence-corrected chi connectivity index (χ0v) is 16.5. The van der Waals surface area contributed by atoms with Crippen molar-refractivity contribution in [1.82, 2.24) is 0 Å². The van der Waals surface area contributed by atoms with E-state index in [1.165, 1.54) is 0 Å². The molecule has 1 N–H and O–H groups in total. The number of anilines is 1. The Morgan fingerprint density at radius 1 is 1.15 bits per heavy atom. The Labute approximate surface area is 162 Å². The third-order valence-electron chi connectivity index (χ3n) is 4.92. The smallest absolute Gasteiger partial charge is 0.338 e. The second-order valence-electron chi connectivity index (χ2n) is 6.75. The number of esters is 1. The van der Waals surface area contributed by atoms with Crippen LogP contribution in [0.15, 0.2) is 53.0 Å². The molecule has 5 heteroatoms. The molecule has 1 saturated heterocycles. The van der Waals surface area contributed by atoms with Gasteiger partial charge in [-0.1, -0.05) is 34.1 Å². The van der Waals surface area contributed by atoms with Crippen molar-refractivity contribution in [2.24, 2.45) is 0 Å². The number of benzene rings is 2. The molecule has 4 nitrogen and oxygen atoms in total. The van der Waals surface area contributed by atoms with Crippen molar-refractivity contribution in [2.75, 3.05) is 24.6 Å². The highest BCUT2D eigenvalue weighted by Gasteiger charge is 2.33. The van der Waals surface area contributed by atoms with Crippen LogP contribution in [0.25, 0.3) is 0 Å². The second-order valence-corrected chi connectivity index (χ2v) is 7.60. The van der Waals surface area contributed by atoms with Crippen LogP contribution >= 0.6 is 15.9 Å². The van der Waals surface area contributed by atoms with E-state index >= 15 is 0 Å². The molecule has 26 heavy (non-hydrogen) atoms. The third kappa shape index (κ3) is 4.46. The van der Waals surface area contributed by atoms with Gasteiger partial charge in [-0.15, -0.1) is 0 Å². The second kappa shape index (κ2) is 8.23. The number of carbonyl (C=O) groups is 1. The number of aliphatic hydroxyl groups is 1. The van der Waals surface area contributed by atoms with E-state index < -0.39 is 5.60 Å². The standard InChI is InChI=1S/C21H24BrNO3/c1-2-26-20(24)16-7-9-18(10-8-16)23-13-11-21(25,12-14-23)15-17-5-3-4-6-19(17)22/h3-10,25H,2,11-15H2,1H3. The Morgan fingerprint density at radius 2 is 1.81 bits per heavy atom. The first-order chi connectivity index (χ1) is 12.5. The Kier molecular flexibility index (Phi) is 5.99. The Balaban J connectivity index is 1.61. The van der Waals surface area contributed by atoms with Crippen LogP contribution < -0.4 is 4.90 Å². The molecule has 0 aromatic heterocycles. The molecular formula is C21H24BrNO3. The molecule has 1 aliphatic rings. The molecular weight excluding hydrogens is 394 g/mol. The van der Waals surface area contributed by atoms with Gasteiger partial charge in [0.1, 0.15) is 0 Å². The summed E-state index contributed by atoms with van der Waals surface area (Å²) in [5.74, 6) is -0.291. The van der Waals surface area contributed by atoms with Crippen LogP contribution in [0.4, 0.5) is 5.69 Å². The number of rotatable bonds is 5. The lowest BCUT2D eigenvalue weighted by Crippen LogP contribution is -2.45. The van der Waals surface area contributed by atoms with Crippen LogP contribution in [0.2, 0.25) is 0 Å². The van der Waals surface area contributed by atoms with Gasteiger partial charge in [-0.05, 0) is 55.7 Å². The lowest BCUT2D eigenvalue weighted by atomic mass is 9.85. The summed E-state index contributed by atoms with van der Waals surface area (Å²) in [7, 11) is 0. The SMILES string of the molecule is CCOC(=O)c1ccc(N2CCC(O)(Cc3ccccc3Br)CC2)cc1. The van der Waals surface area contributed by atoms with Crippen molar-refractivity contribution in [2.45, 2.75) is 31.8 Å².